The molecule has 1 heterocycles. The second kappa shape index (κ2) is 10.0. The van der Waals surface area contributed by atoms with Crippen molar-refractivity contribution < 1.29 is 28.8 Å². The van der Waals surface area contributed by atoms with Crippen molar-refractivity contribution in [2.75, 3.05) is 32.8 Å². The number of amides is 1. The Morgan fingerprint density at radius 3 is 2.14 bits per heavy atom. The Labute approximate surface area is 165 Å². The topological polar surface area (TPSA) is 86.1 Å². The van der Waals surface area contributed by atoms with Crippen molar-refractivity contribution in [1.82, 2.24) is 5.32 Å². The highest BCUT2D eigenvalue weighted by Gasteiger charge is 2.53. The number of esters is 2. The Hall–Kier alpha value is -2.67. The number of benzene rings is 1. The number of ether oxygens (including phenoxy) is 2. The van der Waals surface area contributed by atoms with Crippen LogP contribution in [0.4, 0.5) is 0 Å². The molecular formula is C21H29N2O5+. The first kappa shape index (κ1) is 21.6. The van der Waals surface area contributed by atoms with Crippen molar-refractivity contribution in [2.45, 2.75) is 32.7 Å². The zero-order chi connectivity index (χ0) is 20.6. The molecule has 0 radical (unpaired) electrons. The van der Waals surface area contributed by atoms with E-state index in [1.54, 1.807) is 13.8 Å². The fourth-order valence-corrected chi connectivity index (χ4v) is 3.42. The summed E-state index contributed by atoms with van der Waals surface area (Å²) in [5.74, 6) is -2.05. The zero-order valence-corrected chi connectivity index (χ0v) is 16.7. The number of nitrogens with one attached hydrogen (secondary N) is 2. The van der Waals surface area contributed by atoms with Gasteiger partial charge >= 0.3 is 11.9 Å². The minimum absolute atomic E-state index is 0.0722. The van der Waals surface area contributed by atoms with Gasteiger partial charge in [0.25, 0.3) is 5.54 Å². The molecule has 28 heavy (non-hydrogen) atoms. The zero-order valence-electron chi connectivity index (χ0n) is 16.7. The number of carbonyl (C=O) groups is 3. The molecule has 1 unspecified atom stereocenters. The number of hydrogen-bond acceptors (Lipinski definition) is 5. The molecule has 0 aromatic heterocycles. The predicted octanol–water partition coefficient (Wildman–Crippen LogP) is 0.360. The predicted molar refractivity (Wildman–Crippen MR) is 104 cm³/mol. The average Bonchev–Trinajstić information content (AvgIpc) is 2.68. The van der Waals surface area contributed by atoms with Crippen LogP contribution >= 0.6 is 0 Å². The maximum Gasteiger partial charge on any atom is 0.349 e. The molecule has 1 aromatic rings. The van der Waals surface area contributed by atoms with Gasteiger partial charge in [-0.25, -0.2) is 9.59 Å². The van der Waals surface area contributed by atoms with Gasteiger partial charge in [0, 0.05) is 13.3 Å². The van der Waals surface area contributed by atoms with Gasteiger partial charge in [0.1, 0.15) is 6.54 Å². The van der Waals surface area contributed by atoms with E-state index in [4.69, 9.17) is 9.47 Å². The summed E-state index contributed by atoms with van der Waals surface area (Å²) >= 11 is 0. The molecule has 0 aliphatic carbocycles. The summed E-state index contributed by atoms with van der Waals surface area (Å²) in [6.07, 6.45) is 2.92. The van der Waals surface area contributed by atoms with Gasteiger partial charge in [-0.15, -0.1) is 0 Å². The monoisotopic (exact) mass is 389 g/mol. The van der Waals surface area contributed by atoms with Gasteiger partial charge in [-0.2, -0.15) is 0 Å². The average molecular weight is 389 g/mol. The molecule has 0 bridgehead atoms. The Balaban J connectivity index is 2.24. The van der Waals surface area contributed by atoms with Gasteiger partial charge in [0.05, 0.1) is 26.3 Å². The van der Waals surface area contributed by atoms with Crippen LogP contribution < -0.4 is 10.2 Å². The first-order valence-electron chi connectivity index (χ1n) is 9.64. The lowest BCUT2D eigenvalue weighted by Crippen LogP contribution is -3.15. The van der Waals surface area contributed by atoms with Gasteiger partial charge in [-0.05, 0) is 31.1 Å². The van der Waals surface area contributed by atoms with Crippen LogP contribution in [0.25, 0.3) is 5.57 Å². The molecule has 2 N–H and O–H groups in total. The molecule has 1 aliphatic heterocycles. The number of rotatable bonds is 8. The maximum atomic E-state index is 12.7. The molecule has 1 amide bonds. The molecule has 1 aliphatic rings. The molecule has 7 nitrogen and oxygen atoms in total. The van der Waals surface area contributed by atoms with Crippen molar-refractivity contribution >= 4 is 23.4 Å². The van der Waals surface area contributed by atoms with Crippen molar-refractivity contribution in [3.63, 3.8) is 0 Å². The summed E-state index contributed by atoms with van der Waals surface area (Å²) in [7, 11) is 0. The van der Waals surface area contributed by atoms with Crippen molar-refractivity contribution in [1.29, 1.82) is 0 Å². The highest BCUT2D eigenvalue weighted by atomic mass is 16.6. The van der Waals surface area contributed by atoms with E-state index in [1.165, 1.54) is 18.1 Å². The van der Waals surface area contributed by atoms with Gasteiger partial charge < -0.3 is 19.7 Å². The molecule has 0 saturated carbocycles. The van der Waals surface area contributed by atoms with Crippen LogP contribution in [0, 0.1) is 0 Å². The number of hydrogen-bond donors (Lipinski definition) is 2. The first-order chi connectivity index (χ1) is 13.4. The van der Waals surface area contributed by atoms with E-state index in [-0.39, 0.29) is 19.8 Å². The summed E-state index contributed by atoms with van der Waals surface area (Å²) in [5, 5.41) is 2.52. The van der Waals surface area contributed by atoms with Gasteiger partial charge in [0.2, 0.25) is 5.91 Å². The minimum atomic E-state index is -1.84. The van der Waals surface area contributed by atoms with E-state index in [9.17, 15) is 14.4 Å². The van der Waals surface area contributed by atoms with Crippen LogP contribution in [0.1, 0.15) is 32.8 Å². The molecule has 2 rings (SSSR count). The normalized spacial score (nSPS) is 16.7. The van der Waals surface area contributed by atoms with Gasteiger partial charge in [-0.3, -0.25) is 4.79 Å². The fourth-order valence-electron chi connectivity index (χ4n) is 3.42. The van der Waals surface area contributed by atoms with E-state index in [0.717, 1.165) is 17.9 Å². The number of carbonyl (C=O) groups excluding carboxylic acids is 3. The summed E-state index contributed by atoms with van der Waals surface area (Å²) < 4.78 is 10.2. The molecule has 7 heteroatoms. The smallest absolute Gasteiger partial charge is 0.349 e. The van der Waals surface area contributed by atoms with Crippen LogP contribution in [-0.4, -0.2) is 56.2 Å². The molecule has 0 fully saturated rings. The highest BCUT2D eigenvalue weighted by molar-refractivity contribution is 6.07. The molecule has 1 aromatic carbocycles. The molecular weight excluding hydrogens is 360 g/mol. The second-order valence-electron chi connectivity index (χ2n) is 6.75. The molecule has 0 saturated heterocycles. The van der Waals surface area contributed by atoms with Gasteiger partial charge in [-0.1, -0.05) is 30.3 Å². The number of quaternary nitrogens is 1. The third kappa shape index (κ3) is 5.19. The summed E-state index contributed by atoms with van der Waals surface area (Å²) in [6.45, 7) is 6.22. The Kier molecular flexibility index (Phi) is 7.75. The van der Waals surface area contributed by atoms with Gasteiger partial charge in [0.15, 0.2) is 0 Å². The van der Waals surface area contributed by atoms with E-state index in [2.05, 4.69) is 23.5 Å². The lowest BCUT2D eigenvalue weighted by Gasteiger charge is -2.33. The third-order valence-corrected chi connectivity index (χ3v) is 4.68. The molecule has 1 atom stereocenters. The van der Waals surface area contributed by atoms with E-state index >= 15 is 0 Å². The Bertz CT molecular complexity index is 712. The molecule has 152 valence electrons. The highest BCUT2D eigenvalue weighted by Crippen LogP contribution is 2.18. The quantitative estimate of drug-likeness (QED) is 0.495. The first-order valence-corrected chi connectivity index (χ1v) is 9.64. The maximum absolute atomic E-state index is 12.7. The van der Waals surface area contributed by atoms with Crippen molar-refractivity contribution in [2.24, 2.45) is 0 Å². The van der Waals surface area contributed by atoms with E-state index in [0.29, 0.717) is 6.54 Å². The van der Waals surface area contributed by atoms with E-state index in [1.807, 2.05) is 18.2 Å². The van der Waals surface area contributed by atoms with E-state index < -0.39 is 23.4 Å². The standard InChI is InChI=1S/C21H28N2O5/c1-4-27-19(25)21(22-16(3)24,20(26)28-5-2)15-23-13-11-18(12-14-23)17-9-7-6-8-10-17/h6-11H,4-5,12-15H2,1-3H3,(H,22,24)/p+1. The summed E-state index contributed by atoms with van der Waals surface area (Å²) in [5.41, 5.74) is 0.567. The van der Waals surface area contributed by atoms with Crippen LogP contribution in [0.15, 0.2) is 36.4 Å². The third-order valence-electron chi connectivity index (χ3n) is 4.68. The fraction of sp³-hybridized carbons (Fsp3) is 0.476. The van der Waals surface area contributed by atoms with Crippen LogP contribution in [-0.2, 0) is 23.9 Å². The lowest BCUT2D eigenvalue weighted by atomic mass is 9.95. The van der Waals surface area contributed by atoms with Crippen LogP contribution in [0.3, 0.4) is 0 Å². The summed E-state index contributed by atoms with van der Waals surface area (Å²) in [6, 6.07) is 10.1. The largest absolute Gasteiger partial charge is 0.464 e. The molecule has 0 spiro atoms. The SMILES string of the molecule is CCOC(=O)C(C[NH+]1CC=C(c2ccccc2)CC1)(NC(C)=O)C(=O)OCC. The Morgan fingerprint density at radius 2 is 1.68 bits per heavy atom. The lowest BCUT2D eigenvalue weighted by molar-refractivity contribution is -0.896. The van der Waals surface area contributed by atoms with Crippen LogP contribution in [0.2, 0.25) is 0 Å². The van der Waals surface area contributed by atoms with Crippen molar-refractivity contribution in [3.8, 4) is 0 Å². The summed E-state index contributed by atoms with van der Waals surface area (Å²) in [4.78, 5) is 38.2. The van der Waals surface area contributed by atoms with Crippen molar-refractivity contribution in [3.05, 3.63) is 42.0 Å². The van der Waals surface area contributed by atoms with Crippen LogP contribution in [0.5, 0.6) is 0 Å². The second-order valence-corrected chi connectivity index (χ2v) is 6.75. The Morgan fingerprint density at radius 1 is 1.07 bits per heavy atom. The minimum Gasteiger partial charge on any atom is -0.464 e.